The molecule has 2 rings (SSSR count). The summed E-state index contributed by atoms with van der Waals surface area (Å²) in [6, 6.07) is 7.73. The van der Waals surface area contributed by atoms with E-state index in [0.29, 0.717) is 10.7 Å². The van der Waals surface area contributed by atoms with E-state index in [0.717, 1.165) is 12.2 Å². The molecule has 106 valence electrons. The molecule has 20 heavy (non-hydrogen) atoms. The van der Waals surface area contributed by atoms with Crippen molar-refractivity contribution in [2.45, 2.75) is 27.3 Å². The van der Waals surface area contributed by atoms with Gasteiger partial charge < -0.3 is 10.6 Å². The number of amides is 1. The number of thiophene rings is 1. The largest absolute Gasteiger partial charge is 0.381 e. The van der Waals surface area contributed by atoms with Crippen LogP contribution < -0.4 is 10.6 Å². The van der Waals surface area contributed by atoms with E-state index in [-0.39, 0.29) is 5.91 Å². The molecule has 0 saturated carbocycles. The van der Waals surface area contributed by atoms with Crippen LogP contribution in [0.2, 0.25) is 5.02 Å². The predicted molar refractivity (Wildman–Crippen MR) is 86.9 cm³/mol. The molecule has 0 spiro atoms. The number of carbonyl (C=O) groups excluding carboxylic acids is 1. The third-order valence-corrected chi connectivity index (χ3v) is 4.23. The van der Waals surface area contributed by atoms with Crippen molar-refractivity contribution in [3.63, 3.8) is 0 Å². The number of hydrogen-bond donors (Lipinski definition) is 2. The fraction of sp³-hybridized carbons (Fsp3) is 0.267. The molecule has 0 fully saturated rings. The maximum absolute atomic E-state index is 11.0. The molecule has 0 aliphatic carbocycles. The first-order chi connectivity index (χ1) is 9.45. The number of anilines is 2. The summed E-state index contributed by atoms with van der Waals surface area (Å²) in [5.41, 5.74) is 2.87. The van der Waals surface area contributed by atoms with E-state index in [4.69, 9.17) is 11.6 Å². The lowest BCUT2D eigenvalue weighted by molar-refractivity contribution is -0.114. The Labute approximate surface area is 128 Å². The zero-order valence-corrected chi connectivity index (χ0v) is 13.3. The third kappa shape index (κ3) is 3.74. The van der Waals surface area contributed by atoms with Gasteiger partial charge in [-0.3, -0.25) is 4.79 Å². The van der Waals surface area contributed by atoms with Gasteiger partial charge in [0.2, 0.25) is 5.91 Å². The van der Waals surface area contributed by atoms with Gasteiger partial charge in [0.15, 0.2) is 0 Å². The van der Waals surface area contributed by atoms with Gasteiger partial charge in [0.05, 0.1) is 10.7 Å². The van der Waals surface area contributed by atoms with Crippen molar-refractivity contribution < 1.29 is 4.79 Å². The second kappa shape index (κ2) is 6.29. The van der Waals surface area contributed by atoms with Gasteiger partial charge >= 0.3 is 0 Å². The summed E-state index contributed by atoms with van der Waals surface area (Å²) in [6.07, 6.45) is 0. The van der Waals surface area contributed by atoms with Crippen LogP contribution in [0, 0.1) is 13.8 Å². The first-order valence-electron chi connectivity index (χ1n) is 6.32. The average Bonchev–Trinajstić information content (AvgIpc) is 2.68. The van der Waals surface area contributed by atoms with E-state index in [1.807, 2.05) is 12.1 Å². The van der Waals surface area contributed by atoms with Crippen molar-refractivity contribution in [2.24, 2.45) is 0 Å². The van der Waals surface area contributed by atoms with Crippen molar-refractivity contribution in [1.29, 1.82) is 0 Å². The Morgan fingerprint density at radius 3 is 2.60 bits per heavy atom. The molecule has 5 heteroatoms. The van der Waals surface area contributed by atoms with Crippen molar-refractivity contribution in [3.05, 3.63) is 44.6 Å². The molecule has 0 aliphatic heterocycles. The summed E-state index contributed by atoms with van der Waals surface area (Å²) in [6.45, 7) is 6.47. The summed E-state index contributed by atoms with van der Waals surface area (Å²) < 4.78 is 0. The predicted octanol–water partition coefficient (Wildman–Crippen LogP) is 4.59. The summed E-state index contributed by atoms with van der Waals surface area (Å²) in [4.78, 5) is 13.7. The van der Waals surface area contributed by atoms with Crippen LogP contribution in [0.4, 0.5) is 11.4 Å². The molecule has 1 aromatic heterocycles. The van der Waals surface area contributed by atoms with Crippen molar-refractivity contribution >= 4 is 40.2 Å². The van der Waals surface area contributed by atoms with Gasteiger partial charge in [0.1, 0.15) is 0 Å². The molecule has 2 N–H and O–H groups in total. The second-order valence-corrected chi connectivity index (χ2v) is 6.54. The van der Waals surface area contributed by atoms with Gasteiger partial charge in [-0.25, -0.2) is 0 Å². The normalized spacial score (nSPS) is 10.4. The Kier molecular flexibility index (Phi) is 4.68. The molecule has 0 atom stereocenters. The Bertz CT molecular complexity index is 637. The number of rotatable bonds is 4. The van der Waals surface area contributed by atoms with E-state index in [2.05, 4.69) is 30.5 Å². The average molecular weight is 309 g/mol. The Morgan fingerprint density at radius 2 is 2.05 bits per heavy atom. The lowest BCUT2D eigenvalue weighted by atomic mass is 10.2. The van der Waals surface area contributed by atoms with Gasteiger partial charge in [0.25, 0.3) is 0 Å². The number of hydrogen-bond acceptors (Lipinski definition) is 3. The maximum atomic E-state index is 11.0. The number of nitrogens with one attached hydrogen (secondary N) is 2. The van der Waals surface area contributed by atoms with Crippen LogP contribution in [0.15, 0.2) is 24.3 Å². The molecule has 0 bridgehead atoms. The van der Waals surface area contributed by atoms with Crippen molar-refractivity contribution in [2.75, 3.05) is 10.6 Å². The van der Waals surface area contributed by atoms with Crippen LogP contribution >= 0.6 is 22.9 Å². The lowest BCUT2D eigenvalue weighted by Gasteiger charge is -2.09. The number of carbonyl (C=O) groups is 1. The summed E-state index contributed by atoms with van der Waals surface area (Å²) in [5.74, 6) is -0.128. The lowest BCUT2D eigenvalue weighted by Crippen LogP contribution is -2.06. The van der Waals surface area contributed by atoms with Gasteiger partial charge in [0, 0.05) is 28.9 Å². The zero-order valence-electron chi connectivity index (χ0n) is 11.7. The minimum atomic E-state index is -0.128. The Hall–Kier alpha value is -1.52. The van der Waals surface area contributed by atoms with Crippen LogP contribution in [-0.4, -0.2) is 5.91 Å². The Balaban J connectivity index is 2.05. The third-order valence-electron chi connectivity index (χ3n) is 2.91. The number of benzene rings is 1. The summed E-state index contributed by atoms with van der Waals surface area (Å²) in [5, 5.41) is 6.57. The van der Waals surface area contributed by atoms with Crippen molar-refractivity contribution in [1.82, 2.24) is 0 Å². The number of aryl methyl sites for hydroxylation is 2. The van der Waals surface area contributed by atoms with Gasteiger partial charge in [-0.2, -0.15) is 0 Å². The number of halogens is 1. The highest BCUT2D eigenvalue weighted by atomic mass is 35.5. The van der Waals surface area contributed by atoms with Gasteiger partial charge in [-0.05, 0) is 43.7 Å². The SMILES string of the molecule is CC(=O)Nc1ccc(NCc2cc(C)sc2C)cc1Cl. The van der Waals surface area contributed by atoms with E-state index in [9.17, 15) is 4.79 Å². The molecule has 0 unspecified atom stereocenters. The topological polar surface area (TPSA) is 41.1 Å². The monoisotopic (exact) mass is 308 g/mol. The minimum absolute atomic E-state index is 0.128. The fourth-order valence-corrected chi connectivity index (χ4v) is 3.15. The smallest absolute Gasteiger partial charge is 0.221 e. The molecule has 2 aromatic rings. The highest BCUT2D eigenvalue weighted by molar-refractivity contribution is 7.12. The second-order valence-electron chi connectivity index (χ2n) is 4.67. The van der Waals surface area contributed by atoms with Crippen LogP contribution in [0.1, 0.15) is 22.2 Å². The molecule has 0 radical (unpaired) electrons. The van der Waals surface area contributed by atoms with Crippen LogP contribution in [0.3, 0.4) is 0 Å². The molecule has 1 amide bonds. The maximum Gasteiger partial charge on any atom is 0.221 e. The Morgan fingerprint density at radius 1 is 1.30 bits per heavy atom. The van der Waals surface area contributed by atoms with E-state index < -0.39 is 0 Å². The van der Waals surface area contributed by atoms with Crippen LogP contribution in [0.25, 0.3) is 0 Å². The molecule has 1 aromatic carbocycles. The first kappa shape index (κ1) is 14.9. The standard InChI is InChI=1S/C15H17ClN2OS/c1-9-6-12(10(2)20-9)8-17-13-4-5-15(14(16)7-13)18-11(3)19/h4-7,17H,8H2,1-3H3,(H,18,19). The van der Waals surface area contributed by atoms with E-state index in [1.165, 1.54) is 22.2 Å². The summed E-state index contributed by atoms with van der Waals surface area (Å²) in [7, 11) is 0. The minimum Gasteiger partial charge on any atom is -0.381 e. The molecule has 3 nitrogen and oxygen atoms in total. The molecular weight excluding hydrogens is 292 g/mol. The zero-order chi connectivity index (χ0) is 14.7. The first-order valence-corrected chi connectivity index (χ1v) is 7.52. The molecule has 0 aliphatic rings. The fourth-order valence-electron chi connectivity index (χ4n) is 1.97. The quantitative estimate of drug-likeness (QED) is 0.867. The van der Waals surface area contributed by atoms with Gasteiger partial charge in [-0.1, -0.05) is 11.6 Å². The highest BCUT2D eigenvalue weighted by Crippen LogP contribution is 2.27. The van der Waals surface area contributed by atoms with Crippen molar-refractivity contribution in [3.8, 4) is 0 Å². The van der Waals surface area contributed by atoms with E-state index in [1.54, 1.807) is 17.4 Å². The van der Waals surface area contributed by atoms with Crippen LogP contribution in [0.5, 0.6) is 0 Å². The van der Waals surface area contributed by atoms with E-state index >= 15 is 0 Å². The van der Waals surface area contributed by atoms with Gasteiger partial charge in [-0.15, -0.1) is 11.3 Å². The molecular formula is C15H17ClN2OS. The van der Waals surface area contributed by atoms with Crippen LogP contribution in [-0.2, 0) is 11.3 Å². The molecule has 1 heterocycles. The highest BCUT2D eigenvalue weighted by Gasteiger charge is 2.05. The molecule has 0 saturated heterocycles. The summed E-state index contributed by atoms with van der Waals surface area (Å²) >= 11 is 7.94.